The van der Waals surface area contributed by atoms with Crippen molar-refractivity contribution in [2.24, 2.45) is 0 Å². The van der Waals surface area contributed by atoms with Gasteiger partial charge in [0.15, 0.2) is 5.15 Å². The lowest BCUT2D eigenvalue weighted by Gasteiger charge is -2.15. The average Bonchev–Trinajstić information content (AvgIpc) is 2.98. The molecule has 0 aliphatic rings. The Hall–Kier alpha value is -1.52. The highest BCUT2D eigenvalue weighted by atomic mass is 35.5. The van der Waals surface area contributed by atoms with Gasteiger partial charge in [0.2, 0.25) is 18.3 Å². The highest BCUT2D eigenvalue weighted by molar-refractivity contribution is 7.99. The van der Waals surface area contributed by atoms with Gasteiger partial charge in [0.25, 0.3) is 0 Å². The number of alkyl halides is 3. The molecule has 11 heteroatoms. The molecule has 0 atom stereocenters. The zero-order valence-electron chi connectivity index (χ0n) is 14.4. The summed E-state index contributed by atoms with van der Waals surface area (Å²) in [6.07, 6.45) is -1.77. The summed E-state index contributed by atoms with van der Waals surface area (Å²) in [5.41, 5.74) is 0.652. The van der Waals surface area contributed by atoms with Gasteiger partial charge in [-0.15, -0.1) is 0 Å². The first-order chi connectivity index (χ1) is 12.7. The van der Waals surface area contributed by atoms with E-state index in [9.17, 15) is 23.2 Å². The highest BCUT2D eigenvalue weighted by Crippen LogP contribution is 2.37. The summed E-state index contributed by atoms with van der Waals surface area (Å²) in [4.78, 5) is 17.9. The van der Waals surface area contributed by atoms with E-state index >= 15 is 0 Å². The van der Waals surface area contributed by atoms with Crippen molar-refractivity contribution in [1.29, 1.82) is 0 Å². The molecule has 2 aromatic heterocycles. The van der Waals surface area contributed by atoms with Crippen LogP contribution in [0.4, 0.5) is 18.2 Å². The molecule has 0 saturated carbocycles. The average molecular weight is 441 g/mol. The van der Waals surface area contributed by atoms with Gasteiger partial charge in [0.05, 0.1) is 5.56 Å². The minimum Gasteiger partial charge on any atom is -0.304 e. The Balaban J connectivity index is 1.88. The fourth-order valence-corrected chi connectivity index (χ4v) is 4.31. The normalized spacial score (nSPS) is 11.6. The molecular formula is C16H18ClF3N3O2S2+. The minimum absolute atomic E-state index is 0.0458. The number of thiazole rings is 1. The van der Waals surface area contributed by atoms with Crippen LogP contribution in [0.5, 0.6) is 0 Å². The summed E-state index contributed by atoms with van der Waals surface area (Å²) >= 11 is 8.68. The van der Waals surface area contributed by atoms with Crippen molar-refractivity contribution in [1.82, 2.24) is 4.98 Å². The predicted octanol–water partition coefficient (Wildman–Crippen LogP) is 4.42. The molecule has 27 heavy (non-hydrogen) atoms. The van der Waals surface area contributed by atoms with Gasteiger partial charge in [-0.25, -0.2) is 4.98 Å². The number of anilines is 1. The van der Waals surface area contributed by atoms with E-state index in [0.717, 1.165) is 4.73 Å². The number of pyridine rings is 1. The largest absolute Gasteiger partial charge is 0.389 e. The van der Waals surface area contributed by atoms with Gasteiger partial charge in [-0.1, -0.05) is 22.9 Å². The molecule has 0 spiro atoms. The first-order valence-electron chi connectivity index (χ1n) is 7.95. The summed E-state index contributed by atoms with van der Waals surface area (Å²) in [7, 11) is 1.58. The van der Waals surface area contributed by atoms with Gasteiger partial charge in [-0.2, -0.15) is 24.9 Å². The second-order valence-electron chi connectivity index (χ2n) is 5.62. The lowest BCUT2D eigenvalue weighted by atomic mass is 10.3. The molecule has 0 aliphatic heterocycles. The predicted molar refractivity (Wildman–Crippen MR) is 101 cm³/mol. The van der Waals surface area contributed by atoms with E-state index in [1.165, 1.54) is 40.4 Å². The molecule has 0 aliphatic carbocycles. The van der Waals surface area contributed by atoms with Crippen LogP contribution >= 0.6 is 34.7 Å². The molecule has 2 rings (SSSR count). The zero-order valence-corrected chi connectivity index (χ0v) is 16.8. The molecule has 0 unspecified atom stereocenters. The van der Waals surface area contributed by atoms with Crippen LogP contribution in [0.1, 0.15) is 19.3 Å². The van der Waals surface area contributed by atoms with E-state index in [1.807, 2.05) is 0 Å². The summed E-state index contributed by atoms with van der Waals surface area (Å²) in [6, 6.07) is 3.40. The van der Waals surface area contributed by atoms with Gasteiger partial charge in [0.1, 0.15) is 10.0 Å². The molecule has 0 fully saturated rings. The molecule has 2 aromatic rings. The van der Waals surface area contributed by atoms with E-state index in [4.69, 9.17) is 11.6 Å². The van der Waals surface area contributed by atoms with Crippen molar-refractivity contribution in [3.63, 3.8) is 0 Å². The van der Waals surface area contributed by atoms with Crippen LogP contribution < -0.4 is 9.63 Å². The molecule has 0 aromatic carbocycles. The van der Waals surface area contributed by atoms with E-state index in [-0.39, 0.29) is 23.9 Å². The Morgan fingerprint density at radius 3 is 2.85 bits per heavy atom. The van der Waals surface area contributed by atoms with E-state index < -0.39 is 12.6 Å². The van der Waals surface area contributed by atoms with Gasteiger partial charge in [-0.05, 0) is 18.2 Å². The van der Waals surface area contributed by atoms with Crippen LogP contribution in [0, 0.1) is 0 Å². The number of carbonyl (C=O) groups is 1. The van der Waals surface area contributed by atoms with Crippen molar-refractivity contribution in [2.45, 2.75) is 25.4 Å². The van der Waals surface area contributed by atoms with Gasteiger partial charge >= 0.3 is 6.18 Å². The van der Waals surface area contributed by atoms with E-state index in [1.54, 1.807) is 19.2 Å². The summed E-state index contributed by atoms with van der Waals surface area (Å²) < 4.78 is 37.1. The molecule has 1 amide bonds. The van der Waals surface area contributed by atoms with Crippen LogP contribution in [0.15, 0.2) is 24.5 Å². The smallest absolute Gasteiger partial charge is 0.304 e. The lowest BCUT2D eigenvalue weighted by Crippen LogP contribution is -2.28. The highest BCUT2D eigenvalue weighted by Gasteiger charge is 2.26. The third-order valence-electron chi connectivity index (χ3n) is 3.49. The SMILES string of the molecule is CN(C(=O)CCSCCCC(F)(F)F)c1sc(-c2ccc[n+](O)c2)nc1Cl. The summed E-state index contributed by atoms with van der Waals surface area (Å²) in [5.74, 6) is 0.602. The van der Waals surface area contributed by atoms with Crippen molar-refractivity contribution < 1.29 is 27.9 Å². The molecular weight excluding hydrogens is 423 g/mol. The van der Waals surface area contributed by atoms with Crippen LogP contribution in [0.3, 0.4) is 0 Å². The zero-order chi connectivity index (χ0) is 20.0. The first kappa shape index (κ1) is 21.8. The van der Waals surface area contributed by atoms with Gasteiger partial charge in [-0.3, -0.25) is 10.0 Å². The number of carbonyl (C=O) groups excluding carboxylic acids is 1. The number of hydrogen-bond acceptors (Lipinski definition) is 5. The molecule has 148 valence electrons. The van der Waals surface area contributed by atoms with E-state index in [0.29, 0.717) is 27.1 Å². The van der Waals surface area contributed by atoms with Crippen molar-refractivity contribution >= 4 is 45.6 Å². The number of halogens is 4. The number of amides is 1. The molecule has 2 heterocycles. The molecule has 5 nitrogen and oxygen atoms in total. The Morgan fingerprint density at radius 2 is 2.19 bits per heavy atom. The standard InChI is InChI=1S/C16H18ClF3N3O2S2/c1-22(12(24)5-9-26-8-3-6-16(18,19)20)15-13(17)21-14(27-15)11-4-2-7-23(25)10-11/h2,4,7,10,25H,3,5-6,8-9H2,1H3/q+1. The molecule has 0 saturated heterocycles. The lowest BCUT2D eigenvalue weighted by molar-refractivity contribution is -0.904. The van der Waals surface area contributed by atoms with Crippen molar-refractivity contribution in [3.05, 3.63) is 29.7 Å². The molecule has 1 N–H and O–H groups in total. The third-order valence-corrected chi connectivity index (χ3v) is 6.12. The topological polar surface area (TPSA) is 57.3 Å². The first-order valence-corrected chi connectivity index (χ1v) is 10.3. The number of aromatic nitrogens is 2. The Kier molecular flexibility index (Phi) is 7.75. The number of rotatable bonds is 8. The fourth-order valence-electron chi connectivity index (χ4n) is 2.13. The minimum atomic E-state index is -4.13. The van der Waals surface area contributed by atoms with Crippen LogP contribution in [-0.2, 0) is 4.79 Å². The summed E-state index contributed by atoms with van der Waals surface area (Å²) in [6.45, 7) is 0. The van der Waals surface area contributed by atoms with Gasteiger partial charge in [0, 0.05) is 36.4 Å². The van der Waals surface area contributed by atoms with Crippen molar-refractivity contribution in [2.75, 3.05) is 23.5 Å². The van der Waals surface area contributed by atoms with Gasteiger partial charge < -0.3 is 4.90 Å². The molecule has 0 radical (unpaired) electrons. The maximum absolute atomic E-state index is 12.3. The second-order valence-corrected chi connectivity index (χ2v) is 8.18. The number of nitrogens with zero attached hydrogens (tertiary/aromatic N) is 3. The third kappa shape index (κ3) is 6.86. The van der Waals surface area contributed by atoms with Crippen LogP contribution in [0.2, 0.25) is 5.15 Å². The van der Waals surface area contributed by atoms with Crippen LogP contribution in [0.25, 0.3) is 10.6 Å². The number of hydrogen-bond donors (Lipinski definition) is 1. The Morgan fingerprint density at radius 1 is 1.44 bits per heavy atom. The maximum atomic E-state index is 12.3. The van der Waals surface area contributed by atoms with Crippen molar-refractivity contribution in [3.8, 4) is 10.6 Å². The van der Waals surface area contributed by atoms with E-state index in [2.05, 4.69) is 4.98 Å². The monoisotopic (exact) mass is 440 g/mol. The second kappa shape index (κ2) is 9.61. The Labute approximate surface area is 167 Å². The summed E-state index contributed by atoms with van der Waals surface area (Å²) in [5, 5.41) is 10.7. The fraction of sp³-hybridized carbons (Fsp3) is 0.438. The number of thioether (sulfide) groups is 1. The quantitative estimate of drug-likeness (QED) is 0.375. The Bertz CT molecular complexity index is 787. The maximum Gasteiger partial charge on any atom is 0.389 e. The molecule has 0 bridgehead atoms. The van der Waals surface area contributed by atoms with Crippen LogP contribution in [-0.4, -0.2) is 40.8 Å².